The van der Waals surface area contributed by atoms with Crippen LogP contribution in [0.2, 0.25) is 5.02 Å². The van der Waals surface area contributed by atoms with Crippen LogP contribution in [0.25, 0.3) is 0 Å². The van der Waals surface area contributed by atoms with Gasteiger partial charge in [0, 0.05) is 0 Å². The van der Waals surface area contributed by atoms with Gasteiger partial charge in [0.2, 0.25) is 0 Å². The molecular weight excluding hydrogens is 407 g/mol. The largest absolute Gasteiger partial charge is 0.496 e. The SMILES string of the molecule is COc1ccc(C(Br)c2ccc(OC)c(Br)c2)cc1Cl. The van der Waals surface area contributed by atoms with Gasteiger partial charge in [0.05, 0.1) is 28.5 Å². The van der Waals surface area contributed by atoms with Gasteiger partial charge in [-0.1, -0.05) is 39.7 Å². The van der Waals surface area contributed by atoms with E-state index in [1.807, 2.05) is 36.4 Å². The summed E-state index contributed by atoms with van der Waals surface area (Å²) in [6, 6.07) is 11.7. The molecule has 2 aromatic rings. The van der Waals surface area contributed by atoms with E-state index in [1.165, 1.54) is 0 Å². The van der Waals surface area contributed by atoms with Crippen molar-refractivity contribution in [3.8, 4) is 11.5 Å². The molecule has 0 aliphatic carbocycles. The number of rotatable bonds is 4. The van der Waals surface area contributed by atoms with Gasteiger partial charge in [-0.15, -0.1) is 0 Å². The zero-order valence-electron chi connectivity index (χ0n) is 11.0. The Labute approximate surface area is 140 Å². The van der Waals surface area contributed by atoms with Crippen LogP contribution >= 0.6 is 43.5 Å². The molecule has 5 heteroatoms. The molecule has 0 amide bonds. The molecule has 0 spiro atoms. The predicted molar refractivity (Wildman–Crippen MR) is 89.5 cm³/mol. The first-order valence-corrected chi connectivity index (χ1v) is 7.96. The van der Waals surface area contributed by atoms with Crippen LogP contribution in [0, 0.1) is 0 Å². The summed E-state index contributed by atoms with van der Waals surface area (Å²) in [7, 11) is 3.25. The minimum atomic E-state index is 0.0492. The smallest absolute Gasteiger partial charge is 0.137 e. The zero-order chi connectivity index (χ0) is 14.7. The molecule has 0 aliphatic rings. The van der Waals surface area contributed by atoms with Crippen molar-refractivity contribution in [1.29, 1.82) is 0 Å². The molecule has 1 atom stereocenters. The molecule has 0 saturated heterocycles. The van der Waals surface area contributed by atoms with Gasteiger partial charge in [-0.2, -0.15) is 0 Å². The highest BCUT2D eigenvalue weighted by molar-refractivity contribution is 9.10. The van der Waals surface area contributed by atoms with Gasteiger partial charge < -0.3 is 9.47 Å². The Kier molecular flexibility index (Phi) is 5.35. The molecule has 2 nitrogen and oxygen atoms in total. The average molecular weight is 421 g/mol. The van der Waals surface area contributed by atoms with Crippen LogP contribution in [0.4, 0.5) is 0 Å². The van der Waals surface area contributed by atoms with Crippen LogP contribution in [0.1, 0.15) is 16.0 Å². The average Bonchev–Trinajstić information content (AvgIpc) is 2.46. The van der Waals surface area contributed by atoms with Gasteiger partial charge in [0.15, 0.2) is 0 Å². The molecule has 2 rings (SSSR count). The lowest BCUT2D eigenvalue weighted by molar-refractivity contribution is 0.412. The highest BCUT2D eigenvalue weighted by Crippen LogP contribution is 2.37. The van der Waals surface area contributed by atoms with E-state index in [9.17, 15) is 0 Å². The van der Waals surface area contributed by atoms with Gasteiger partial charge in [-0.3, -0.25) is 0 Å². The first kappa shape index (κ1) is 15.7. The Morgan fingerprint density at radius 1 is 0.950 bits per heavy atom. The number of alkyl halides is 1. The standard InChI is InChI=1S/C15H13Br2ClO2/c1-19-13-5-3-9(7-11(13)16)15(17)10-4-6-14(20-2)12(18)8-10/h3-8,15H,1-2H3. The molecule has 0 aromatic heterocycles. The van der Waals surface area contributed by atoms with Crippen LogP contribution in [-0.4, -0.2) is 14.2 Å². The lowest BCUT2D eigenvalue weighted by Crippen LogP contribution is -1.95. The molecular formula is C15H13Br2ClO2. The zero-order valence-corrected chi connectivity index (χ0v) is 14.9. The quantitative estimate of drug-likeness (QED) is 0.599. The van der Waals surface area contributed by atoms with Gasteiger partial charge in [0.1, 0.15) is 11.5 Å². The molecule has 20 heavy (non-hydrogen) atoms. The van der Waals surface area contributed by atoms with E-state index in [4.69, 9.17) is 21.1 Å². The van der Waals surface area contributed by atoms with Crippen LogP contribution in [0.15, 0.2) is 40.9 Å². The van der Waals surface area contributed by atoms with Crippen LogP contribution < -0.4 is 9.47 Å². The highest BCUT2D eigenvalue weighted by atomic mass is 79.9. The topological polar surface area (TPSA) is 18.5 Å². The molecule has 0 aliphatic heterocycles. The van der Waals surface area contributed by atoms with Crippen molar-refractivity contribution >= 4 is 43.5 Å². The van der Waals surface area contributed by atoms with E-state index in [0.717, 1.165) is 21.3 Å². The molecule has 0 radical (unpaired) electrons. The van der Waals surface area contributed by atoms with Gasteiger partial charge in [-0.25, -0.2) is 0 Å². The van der Waals surface area contributed by atoms with E-state index in [2.05, 4.69) is 31.9 Å². The summed E-state index contributed by atoms with van der Waals surface area (Å²) in [5, 5.41) is 0.599. The summed E-state index contributed by atoms with van der Waals surface area (Å²) in [5.74, 6) is 1.48. The molecule has 106 valence electrons. The fourth-order valence-corrected chi connectivity index (χ4v) is 3.27. The number of hydrogen-bond donors (Lipinski definition) is 0. The number of hydrogen-bond acceptors (Lipinski definition) is 2. The Balaban J connectivity index is 2.33. The van der Waals surface area contributed by atoms with E-state index in [0.29, 0.717) is 10.8 Å². The molecule has 1 unspecified atom stereocenters. The van der Waals surface area contributed by atoms with Crippen molar-refractivity contribution in [2.24, 2.45) is 0 Å². The number of halogens is 3. The minimum absolute atomic E-state index is 0.0492. The molecule has 0 heterocycles. The van der Waals surface area contributed by atoms with E-state index in [1.54, 1.807) is 14.2 Å². The second-order valence-corrected chi connectivity index (χ2v) is 6.33. The normalized spacial score (nSPS) is 12.1. The van der Waals surface area contributed by atoms with E-state index in [-0.39, 0.29) is 4.83 Å². The van der Waals surface area contributed by atoms with Crippen molar-refractivity contribution in [1.82, 2.24) is 0 Å². The summed E-state index contributed by atoms with van der Waals surface area (Å²) in [5.41, 5.74) is 2.17. The lowest BCUT2D eigenvalue weighted by Gasteiger charge is -2.14. The molecule has 0 saturated carbocycles. The van der Waals surface area contributed by atoms with Crippen LogP contribution in [-0.2, 0) is 0 Å². The van der Waals surface area contributed by atoms with Gasteiger partial charge >= 0.3 is 0 Å². The fraction of sp³-hybridized carbons (Fsp3) is 0.200. The Morgan fingerprint density at radius 3 is 2.00 bits per heavy atom. The second kappa shape index (κ2) is 6.83. The Morgan fingerprint density at radius 2 is 1.50 bits per heavy atom. The number of ether oxygens (including phenoxy) is 2. The van der Waals surface area contributed by atoms with Crippen molar-refractivity contribution in [2.75, 3.05) is 14.2 Å². The maximum absolute atomic E-state index is 6.16. The van der Waals surface area contributed by atoms with Crippen molar-refractivity contribution in [2.45, 2.75) is 4.83 Å². The third kappa shape index (κ3) is 3.30. The first-order valence-electron chi connectivity index (χ1n) is 5.87. The predicted octanol–water partition coefficient (Wildman–Crippen LogP) is 5.60. The first-order chi connectivity index (χ1) is 9.56. The second-order valence-electron chi connectivity index (χ2n) is 4.15. The van der Waals surface area contributed by atoms with Gasteiger partial charge in [0.25, 0.3) is 0 Å². The number of benzene rings is 2. The summed E-state index contributed by atoms with van der Waals surface area (Å²) in [6.07, 6.45) is 0. The molecule has 0 fully saturated rings. The summed E-state index contributed by atoms with van der Waals surface area (Å²) in [6.45, 7) is 0. The third-order valence-corrected chi connectivity index (χ3v) is 4.91. The summed E-state index contributed by atoms with van der Waals surface area (Å²) < 4.78 is 11.3. The lowest BCUT2D eigenvalue weighted by atomic mass is 10.0. The van der Waals surface area contributed by atoms with Crippen molar-refractivity contribution < 1.29 is 9.47 Å². The third-order valence-electron chi connectivity index (χ3n) is 2.94. The highest BCUT2D eigenvalue weighted by Gasteiger charge is 2.14. The fourth-order valence-electron chi connectivity index (χ4n) is 1.87. The van der Waals surface area contributed by atoms with Crippen LogP contribution in [0.3, 0.4) is 0 Å². The maximum Gasteiger partial charge on any atom is 0.137 e. The minimum Gasteiger partial charge on any atom is -0.496 e. The molecule has 0 N–H and O–H groups in total. The molecule has 0 bridgehead atoms. The van der Waals surface area contributed by atoms with E-state index >= 15 is 0 Å². The summed E-state index contributed by atoms with van der Waals surface area (Å²) >= 11 is 13.4. The number of methoxy groups -OCH3 is 2. The monoisotopic (exact) mass is 418 g/mol. The Hall–Kier alpha value is -0.710. The van der Waals surface area contributed by atoms with E-state index < -0.39 is 0 Å². The molecule has 2 aromatic carbocycles. The van der Waals surface area contributed by atoms with Crippen LogP contribution in [0.5, 0.6) is 11.5 Å². The maximum atomic E-state index is 6.16. The van der Waals surface area contributed by atoms with Gasteiger partial charge in [-0.05, 0) is 51.3 Å². The summed E-state index contributed by atoms with van der Waals surface area (Å²) in [4.78, 5) is 0.0492. The Bertz CT molecular complexity index is 563. The van der Waals surface area contributed by atoms with Crippen molar-refractivity contribution in [3.63, 3.8) is 0 Å². The van der Waals surface area contributed by atoms with Crippen molar-refractivity contribution in [3.05, 3.63) is 57.0 Å².